The first-order chi connectivity index (χ1) is 24.8. The molecule has 288 valence electrons. The number of rotatable bonds is 6. The molecule has 3 N–H and O–H groups in total. The zero-order chi connectivity index (χ0) is 38.5. The predicted octanol–water partition coefficient (Wildman–Crippen LogP) is 3.56. The number of esters is 1. The molecular weight excluding hydrogens is 701 g/mol. The number of hydrogen-bond acceptors (Lipinski definition) is 9. The van der Waals surface area contributed by atoms with Crippen LogP contribution in [0.2, 0.25) is 0 Å². The maximum Gasteiger partial charge on any atom is 0.407 e. The fourth-order valence-electron chi connectivity index (χ4n) is 7.65. The lowest BCUT2D eigenvalue weighted by molar-refractivity contribution is -0.154. The van der Waals surface area contributed by atoms with Crippen molar-refractivity contribution in [3.63, 3.8) is 0 Å². The van der Waals surface area contributed by atoms with Crippen molar-refractivity contribution in [2.45, 2.75) is 115 Å². The van der Waals surface area contributed by atoms with E-state index < -0.39 is 86.0 Å². The summed E-state index contributed by atoms with van der Waals surface area (Å²) in [6.45, 7) is 13.1. The molecule has 2 aliphatic heterocycles. The Morgan fingerprint density at radius 3 is 2.51 bits per heavy atom. The molecule has 1 saturated heterocycles. The number of allylic oxidation sites excluding steroid dienone is 1. The van der Waals surface area contributed by atoms with E-state index in [1.807, 2.05) is 32.0 Å². The third-order valence-electron chi connectivity index (χ3n) is 11.2. The lowest BCUT2D eigenvalue weighted by Crippen LogP contribution is -2.60. The number of carbonyl (C=O) groups excluding carboxylic acids is 5. The van der Waals surface area contributed by atoms with Crippen molar-refractivity contribution < 1.29 is 41.9 Å². The van der Waals surface area contributed by atoms with Gasteiger partial charge in [0.25, 0.3) is 5.91 Å². The van der Waals surface area contributed by atoms with Crippen LogP contribution in [0.25, 0.3) is 6.08 Å². The van der Waals surface area contributed by atoms with Gasteiger partial charge in [0, 0.05) is 12.3 Å². The number of fused-ring (bicyclic) bond motifs is 3. The van der Waals surface area contributed by atoms with Crippen LogP contribution in [0.3, 0.4) is 0 Å². The monoisotopic (exact) mass is 752 g/mol. The molecule has 5 aliphatic rings. The first-order valence-electron chi connectivity index (χ1n) is 18.6. The van der Waals surface area contributed by atoms with E-state index >= 15 is 0 Å². The highest BCUT2D eigenvalue weighted by Gasteiger charge is 2.62. The number of nitrogens with zero attached hydrogens (tertiary/aromatic N) is 1. The Hall–Kier alpha value is -4.20. The number of nitrogens with one attached hydrogen (secondary N) is 3. The number of cyclic esters (lactones) is 1. The number of hydrogen-bond donors (Lipinski definition) is 3. The highest BCUT2D eigenvalue weighted by Crippen LogP contribution is 2.45. The fourth-order valence-corrected chi connectivity index (χ4v) is 9.01. The van der Waals surface area contributed by atoms with Crippen LogP contribution in [0.5, 0.6) is 0 Å². The van der Waals surface area contributed by atoms with E-state index in [0.29, 0.717) is 25.7 Å². The Morgan fingerprint density at radius 1 is 1.11 bits per heavy atom. The Labute approximate surface area is 311 Å². The summed E-state index contributed by atoms with van der Waals surface area (Å²) < 4.78 is 39.2. The van der Waals surface area contributed by atoms with E-state index in [1.54, 1.807) is 20.8 Å². The summed E-state index contributed by atoms with van der Waals surface area (Å²) >= 11 is 0. The molecule has 53 heavy (non-hydrogen) atoms. The second-order valence-electron chi connectivity index (χ2n) is 17.2. The van der Waals surface area contributed by atoms with Gasteiger partial charge in [-0.05, 0) is 72.5 Å². The number of amides is 4. The van der Waals surface area contributed by atoms with Crippen molar-refractivity contribution in [1.82, 2.24) is 20.3 Å². The van der Waals surface area contributed by atoms with Crippen LogP contribution in [0.1, 0.15) is 89.8 Å². The smallest absolute Gasteiger partial charge is 0.407 e. The van der Waals surface area contributed by atoms with Crippen molar-refractivity contribution in [1.29, 1.82) is 0 Å². The summed E-state index contributed by atoms with van der Waals surface area (Å²) in [6, 6.07) is 3.66. The minimum Gasteiger partial charge on any atom is -0.460 e. The number of ether oxygens (including phenoxy) is 2. The number of sulfonamides is 1. The van der Waals surface area contributed by atoms with E-state index in [2.05, 4.69) is 34.1 Å². The number of alkyl carbamates (subject to hydrolysis) is 1. The summed E-state index contributed by atoms with van der Waals surface area (Å²) in [5, 5.41) is 4.84. The molecule has 4 amide bonds. The average Bonchev–Trinajstić information content (AvgIpc) is 3.97. The van der Waals surface area contributed by atoms with Crippen LogP contribution in [0.4, 0.5) is 4.79 Å². The summed E-state index contributed by atoms with van der Waals surface area (Å²) in [7, 11) is -3.91. The highest BCUT2D eigenvalue weighted by atomic mass is 32.2. The van der Waals surface area contributed by atoms with Gasteiger partial charge < -0.3 is 25.0 Å². The molecule has 6 atom stereocenters. The molecule has 0 aromatic heterocycles. The number of benzene rings is 1. The largest absolute Gasteiger partial charge is 0.460 e. The van der Waals surface area contributed by atoms with Crippen LogP contribution in [-0.2, 0) is 51.5 Å². The van der Waals surface area contributed by atoms with E-state index in [1.165, 1.54) is 11.0 Å². The van der Waals surface area contributed by atoms with E-state index in [9.17, 15) is 32.4 Å². The van der Waals surface area contributed by atoms with Crippen molar-refractivity contribution in [3.8, 4) is 0 Å². The van der Waals surface area contributed by atoms with Crippen LogP contribution >= 0.6 is 0 Å². The quantitative estimate of drug-likeness (QED) is 0.290. The van der Waals surface area contributed by atoms with Gasteiger partial charge >= 0.3 is 12.1 Å². The van der Waals surface area contributed by atoms with Crippen LogP contribution < -0.4 is 15.4 Å². The van der Waals surface area contributed by atoms with Crippen LogP contribution in [0, 0.1) is 22.7 Å². The van der Waals surface area contributed by atoms with Crippen LogP contribution in [-0.4, -0.2) is 85.2 Å². The lowest BCUT2D eigenvalue weighted by Gasteiger charge is -2.35. The van der Waals surface area contributed by atoms with Crippen molar-refractivity contribution >= 4 is 45.9 Å². The van der Waals surface area contributed by atoms with Gasteiger partial charge in [0.1, 0.15) is 23.7 Å². The van der Waals surface area contributed by atoms with Crippen molar-refractivity contribution in [2.75, 3.05) is 13.2 Å². The van der Waals surface area contributed by atoms with E-state index in [0.717, 1.165) is 29.5 Å². The molecule has 4 bridgehead atoms. The molecule has 14 heteroatoms. The molecular formula is C39H52N4O9S. The summed E-state index contributed by atoms with van der Waals surface area (Å²) in [5.74, 6) is -3.57. The van der Waals surface area contributed by atoms with Gasteiger partial charge in [-0.25, -0.2) is 13.2 Å². The molecule has 0 radical (unpaired) electrons. The molecule has 0 spiro atoms. The SMILES string of the molecule is C=C[C@H]1C[C@]1(NC(=O)[C@@H]1C[C@@H]2CN1C(=O)[C@H](C(C)(C)C)NC(=O)OCC(C)(C)CC/C=C/c1cccc3c1CC(C3)C(=O)O2)C(=O)NS(=O)(=O)C1CC1. The van der Waals surface area contributed by atoms with Crippen molar-refractivity contribution in [2.24, 2.45) is 22.7 Å². The van der Waals surface area contributed by atoms with Gasteiger partial charge in [-0.3, -0.25) is 23.9 Å². The Bertz CT molecular complexity index is 1830. The van der Waals surface area contributed by atoms with Gasteiger partial charge in [-0.2, -0.15) is 0 Å². The first-order valence-corrected chi connectivity index (χ1v) is 20.1. The molecule has 3 fully saturated rings. The number of carbonyl (C=O) groups is 5. The van der Waals surface area contributed by atoms with E-state index in [-0.39, 0.29) is 31.4 Å². The lowest BCUT2D eigenvalue weighted by atomic mass is 9.85. The summed E-state index contributed by atoms with van der Waals surface area (Å²) in [6.07, 6.45) is 7.42. The molecule has 3 aliphatic carbocycles. The molecule has 1 unspecified atom stereocenters. The molecule has 2 heterocycles. The van der Waals surface area contributed by atoms with Gasteiger partial charge in [0.15, 0.2) is 0 Å². The van der Waals surface area contributed by atoms with Gasteiger partial charge in [-0.1, -0.05) is 71.0 Å². The Morgan fingerprint density at radius 2 is 1.85 bits per heavy atom. The minimum absolute atomic E-state index is 0.0662. The second-order valence-corrected chi connectivity index (χ2v) is 19.2. The summed E-state index contributed by atoms with van der Waals surface area (Å²) in [4.78, 5) is 70.4. The Balaban J connectivity index is 1.29. The topological polar surface area (TPSA) is 177 Å². The van der Waals surface area contributed by atoms with Gasteiger partial charge in [-0.15, -0.1) is 6.58 Å². The highest BCUT2D eigenvalue weighted by molar-refractivity contribution is 7.91. The van der Waals surface area contributed by atoms with Crippen molar-refractivity contribution in [3.05, 3.63) is 53.6 Å². The molecule has 1 aromatic carbocycles. The average molecular weight is 753 g/mol. The molecule has 1 aromatic rings. The van der Waals surface area contributed by atoms with Crippen LogP contribution in [0.15, 0.2) is 36.9 Å². The fraction of sp³-hybridized carbons (Fsp3) is 0.615. The maximum atomic E-state index is 14.5. The molecule has 2 saturated carbocycles. The second kappa shape index (κ2) is 14.2. The third-order valence-corrected chi connectivity index (χ3v) is 13.0. The normalized spacial score (nSPS) is 31.0. The molecule has 13 nitrogen and oxygen atoms in total. The standard InChI is InChI=1S/C39H52N4O9S/c1-7-26-20-39(26,35(47)42-53(49,50)28-14-15-28)41-32(44)30-19-27-21-43(30)33(45)31(37(2,3)4)40-36(48)51-22-38(5,6)16-9-8-11-23-12-10-13-24-17-25(18-29(23)24)34(46)52-27/h7-8,10-13,25-28,30-31H,1,9,14-22H2,2-6H3,(H,40,48)(H,41,44)(H,42,47)/b11-8+/t25?,26-,27+,30-,31+,39+/m0/s1. The van der Waals surface area contributed by atoms with Gasteiger partial charge in [0.2, 0.25) is 21.8 Å². The third kappa shape index (κ3) is 8.32. The predicted molar refractivity (Wildman–Crippen MR) is 196 cm³/mol. The molecule has 6 rings (SSSR count). The first kappa shape index (κ1) is 38.5. The maximum absolute atomic E-state index is 14.5. The van der Waals surface area contributed by atoms with E-state index in [4.69, 9.17) is 9.47 Å². The van der Waals surface area contributed by atoms with Gasteiger partial charge in [0.05, 0.1) is 24.3 Å². The zero-order valence-electron chi connectivity index (χ0n) is 31.2. The minimum atomic E-state index is -3.91. The summed E-state index contributed by atoms with van der Waals surface area (Å²) in [5.41, 5.74) is 0.410. The zero-order valence-corrected chi connectivity index (χ0v) is 32.1. The Kier molecular flexibility index (Phi) is 10.3.